The van der Waals surface area contributed by atoms with Gasteiger partial charge >= 0.3 is 18.1 Å². The molecule has 4 aliphatic rings. The van der Waals surface area contributed by atoms with Crippen molar-refractivity contribution in [1.82, 2.24) is 24.5 Å². The summed E-state index contributed by atoms with van der Waals surface area (Å²) in [4.78, 5) is 61.4. The van der Waals surface area contributed by atoms with Crippen molar-refractivity contribution >= 4 is 43.0 Å². The van der Waals surface area contributed by atoms with Crippen LogP contribution in [0, 0.1) is 0 Å². The Balaban J connectivity index is 1.05. The maximum Gasteiger partial charge on any atom is 0.410 e. The van der Waals surface area contributed by atoms with E-state index in [1.54, 1.807) is 29.8 Å². The first-order valence-corrected chi connectivity index (χ1v) is 17.5. The van der Waals surface area contributed by atoms with E-state index in [1.165, 1.54) is 0 Å². The van der Waals surface area contributed by atoms with Crippen molar-refractivity contribution in [3.63, 3.8) is 0 Å². The van der Waals surface area contributed by atoms with Crippen molar-refractivity contribution in [3.05, 3.63) is 53.6 Å². The quantitative estimate of drug-likeness (QED) is 0.349. The molecular formula is C35H47BN6O7. The lowest BCUT2D eigenvalue weighted by Gasteiger charge is -2.43. The minimum atomic E-state index is -1.01. The number of anilines is 1. The number of piperazine rings is 1. The second-order valence-electron chi connectivity index (χ2n) is 13.7. The van der Waals surface area contributed by atoms with E-state index in [-0.39, 0.29) is 36.7 Å². The fraction of sp³-hybridized carbons (Fsp3) is 0.543. The molecule has 6 rings (SSSR count). The number of carbonyl (C=O) groups is 4. The number of amides is 4. The van der Waals surface area contributed by atoms with E-state index < -0.39 is 18.2 Å². The first-order chi connectivity index (χ1) is 23.6. The number of benzene rings is 2. The van der Waals surface area contributed by atoms with E-state index >= 15 is 0 Å². The average molecular weight is 675 g/mol. The molecule has 0 spiro atoms. The Hall–Kier alpha value is -4.30. The predicted molar refractivity (Wildman–Crippen MR) is 186 cm³/mol. The van der Waals surface area contributed by atoms with Crippen LogP contribution in [0.15, 0.2) is 42.5 Å². The zero-order valence-corrected chi connectivity index (χ0v) is 28.3. The van der Waals surface area contributed by atoms with Gasteiger partial charge in [0, 0.05) is 83.1 Å². The van der Waals surface area contributed by atoms with Crippen molar-refractivity contribution in [2.45, 2.75) is 56.7 Å². The summed E-state index contributed by atoms with van der Waals surface area (Å²) in [6.07, 6.45) is 2.24. The molecule has 0 bridgehead atoms. The van der Waals surface area contributed by atoms with Crippen molar-refractivity contribution in [2.24, 2.45) is 0 Å². The lowest BCUT2D eigenvalue weighted by Crippen LogP contribution is -2.55. The van der Waals surface area contributed by atoms with Crippen molar-refractivity contribution in [3.8, 4) is 5.75 Å². The number of phenolic OH excluding ortho intramolecular Hbond substituents is 1. The van der Waals surface area contributed by atoms with Gasteiger partial charge < -0.3 is 35.0 Å². The average Bonchev–Trinajstić information content (AvgIpc) is 3.27. The molecule has 3 N–H and O–H groups in total. The molecule has 13 nitrogen and oxygen atoms in total. The number of nitrogens with one attached hydrogen (secondary N) is 1. The molecule has 0 unspecified atom stereocenters. The van der Waals surface area contributed by atoms with Gasteiger partial charge in [-0.25, -0.2) is 9.59 Å². The number of para-hydroxylation sites is 1. The Labute approximate surface area is 288 Å². The van der Waals surface area contributed by atoms with Gasteiger partial charge in [-0.1, -0.05) is 30.3 Å². The van der Waals surface area contributed by atoms with Gasteiger partial charge in [0.1, 0.15) is 13.6 Å². The molecule has 0 aliphatic carbocycles. The fourth-order valence-corrected chi connectivity index (χ4v) is 7.67. The number of rotatable bonds is 8. The molecule has 4 aliphatic heterocycles. The third-order valence-corrected chi connectivity index (χ3v) is 10.6. The van der Waals surface area contributed by atoms with Crippen LogP contribution in [0.2, 0.25) is 0 Å². The molecule has 3 saturated heterocycles. The molecule has 1 atom stereocenters. The summed E-state index contributed by atoms with van der Waals surface area (Å²) in [5.41, 5.74) is 3.43. The number of aliphatic carboxylic acids is 1. The monoisotopic (exact) mass is 674 g/mol. The van der Waals surface area contributed by atoms with Gasteiger partial charge in [0.05, 0.1) is 6.54 Å². The first-order valence-electron chi connectivity index (χ1n) is 17.5. The van der Waals surface area contributed by atoms with E-state index in [9.17, 15) is 24.3 Å². The summed E-state index contributed by atoms with van der Waals surface area (Å²) in [6, 6.07) is 13.2. The maximum absolute atomic E-state index is 14.0. The topological polar surface area (TPSA) is 146 Å². The molecule has 0 aromatic heterocycles. The Morgan fingerprint density at radius 3 is 2.24 bits per heavy atom. The highest BCUT2D eigenvalue weighted by Crippen LogP contribution is 2.26. The zero-order chi connectivity index (χ0) is 34.5. The van der Waals surface area contributed by atoms with Crippen LogP contribution in [0.5, 0.6) is 5.75 Å². The number of carbonyl (C=O) groups excluding carboxylic acids is 3. The van der Waals surface area contributed by atoms with Gasteiger partial charge in [-0.2, -0.15) is 0 Å². The SMILES string of the molecule is Bc1cc(C[C@@H](OC(=O)N2CCC(N3CCc4ccccc4NC3=O)CC2)C(=O)N2CCC(N3CCN(CC(=O)O)CC3)CC2)ccc1O. The highest BCUT2D eigenvalue weighted by molar-refractivity contribution is 6.34. The number of urea groups is 1. The summed E-state index contributed by atoms with van der Waals surface area (Å²) in [5.74, 6) is -0.866. The van der Waals surface area contributed by atoms with E-state index in [2.05, 4.69) is 10.2 Å². The van der Waals surface area contributed by atoms with Crippen LogP contribution < -0.4 is 10.8 Å². The molecule has 14 heteroatoms. The van der Waals surface area contributed by atoms with Crippen LogP contribution in [0.1, 0.15) is 36.8 Å². The minimum absolute atomic E-state index is 0.00259. The zero-order valence-electron chi connectivity index (χ0n) is 28.3. The van der Waals surface area contributed by atoms with Crippen molar-refractivity contribution in [1.29, 1.82) is 0 Å². The fourth-order valence-electron chi connectivity index (χ4n) is 7.67. The number of phenols is 1. The summed E-state index contributed by atoms with van der Waals surface area (Å²) >= 11 is 0. The Kier molecular flexibility index (Phi) is 10.9. The summed E-state index contributed by atoms with van der Waals surface area (Å²) < 4.78 is 6.01. The van der Waals surface area contributed by atoms with Crippen LogP contribution in [-0.4, -0.2) is 150 Å². The number of ether oxygens (including phenoxy) is 1. The number of piperidine rings is 2. The van der Waals surface area contributed by atoms with E-state index in [4.69, 9.17) is 9.84 Å². The molecule has 0 radical (unpaired) electrons. The molecule has 4 heterocycles. The highest BCUT2D eigenvalue weighted by atomic mass is 16.6. The summed E-state index contributed by atoms with van der Waals surface area (Å²) in [7, 11) is 1.79. The van der Waals surface area contributed by atoms with Crippen LogP contribution in [-0.2, 0) is 27.2 Å². The summed E-state index contributed by atoms with van der Waals surface area (Å²) in [5, 5.41) is 22.2. The summed E-state index contributed by atoms with van der Waals surface area (Å²) in [6.45, 7) is 5.65. The normalized spacial score (nSPS) is 20.7. The van der Waals surface area contributed by atoms with Crippen molar-refractivity contribution < 1.29 is 34.1 Å². The lowest BCUT2D eigenvalue weighted by molar-refractivity contribution is -0.142. The number of fused-ring (bicyclic) bond motifs is 1. The third-order valence-electron chi connectivity index (χ3n) is 10.6. The van der Waals surface area contributed by atoms with Crippen LogP contribution in [0.25, 0.3) is 0 Å². The number of carboxylic acids is 1. The van der Waals surface area contributed by atoms with Crippen LogP contribution >= 0.6 is 0 Å². The smallest absolute Gasteiger partial charge is 0.410 e. The van der Waals surface area contributed by atoms with Gasteiger partial charge in [0.2, 0.25) is 0 Å². The minimum Gasteiger partial charge on any atom is -0.509 e. The van der Waals surface area contributed by atoms with E-state index in [1.807, 2.05) is 40.1 Å². The molecule has 49 heavy (non-hydrogen) atoms. The maximum atomic E-state index is 14.0. The molecule has 0 saturated carbocycles. The number of carboxylic acid groups (broad SMARTS) is 1. The Morgan fingerprint density at radius 2 is 1.55 bits per heavy atom. The van der Waals surface area contributed by atoms with E-state index in [0.29, 0.717) is 70.2 Å². The number of nitrogens with zero attached hydrogens (tertiary/aromatic N) is 5. The second-order valence-corrected chi connectivity index (χ2v) is 13.7. The molecule has 3 fully saturated rings. The largest absolute Gasteiger partial charge is 0.509 e. The Bertz CT molecular complexity index is 1520. The molecular weight excluding hydrogens is 627 g/mol. The standard InChI is InChI=1S/C35H47BN6O7/c36-28-21-24(5-6-30(28)43)22-31(33(46)40-12-8-26(9-13-40)39-19-17-38(18-20-39)23-32(44)45)49-35(48)41-14-10-27(11-15-41)42-16-7-25-3-1-2-4-29(25)37-34(42)47/h1-6,21,26-27,31,43H,7-20,22-23,36H2,(H,37,47)(H,44,45)/t31-/m1/s1. The lowest BCUT2D eigenvalue weighted by atomic mass is 9.91. The van der Waals surface area contributed by atoms with E-state index in [0.717, 1.165) is 49.2 Å². The first kappa shape index (κ1) is 34.6. The molecule has 4 amide bonds. The van der Waals surface area contributed by atoms with Gasteiger partial charge in [0.25, 0.3) is 5.91 Å². The van der Waals surface area contributed by atoms with Gasteiger partial charge in [-0.3, -0.25) is 19.4 Å². The predicted octanol–water partition coefficient (Wildman–Crippen LogP) is 0.946. The second kappa shape index (κ2) is 15.5. The van der Waals surface area contributed by atoms with Crippen LogP contribution in [0.4, 0.5) is 15.3 Å². The number of likely N-dealkylation sites (tertiary alicyclic amines) is 2. The van der Waals surface area contributed by atoms with Crippen LogP contribution in [0.3, 0.4) is 0 Å². The van der Waals surface area contributed by atoms with Crippen molar-refractivity contribution in [2.75, 3.05) is 70.8 Å². The number of aromatic hydroxyl groups is 1. The van der Waals surface area contributed by atoms with Gasteiger partial charge in [0.15, 0.2) is 6.10 Å². The molecule has 2 aromatic carbocycles. The molecule has 2 aromatic rings. The number of hydrogen-bond donors (Lipinski definition) is 3. The number of hydrogen-bond acceptors (Lipinski definition) is 8. The molecule has 262 valence electrons. The third kappa shape index (κ3) is 8.48. The highest BCUT2D eigenvalue weighted by Gasteiger charge is 2.36. The van der Waals surface area contributed by atoms with Gasteiger partial charge in [-0.05, 0) is 60.8 Å². The van der Waals surface area contributed by atoms with Gasteiger partial charge in [-0.15, -0.1) is 0 Å². The Morgan fingerprint density at radius 1 is 0.878 bits per heavy atom.